The average molecular weight is 535 g/mol. The molecular formula is C28H43FN4O5. The lowest BCUT2D eigenvalue weighted by Gasteiger charge is -2.33. The lowest BCUT2D eigenvalue weighted by Crippen LogP contribution is -2.54. The van der Waals surface area contributed by atoms with Crippen molar-refractivity contribution in [3.8, 4) is 5.75 Å². The molecule has 212 valence electrons. The van der Waals surface area contributed by atoms with Crippen LogP contribution < -0.4 is 15.4 Å². The third-order valence-corrected chi connectivity index (χ3v) is 6.32. The Labute approximate surface area is 225 Å². The van der Waals surface area contributed by atoms with Gasteiger partial charge in [0.1, 0.15) is 23.7 Å². The number of likely N-dealkylation sites (tertiary alicyclic amines) is 1. The van der Waals surface area contributed by atoms with Gasteiger partial charge in [-0.15, -0.1) is 0 Å². The predicted molar refractivity (Wildman–Crippen MR) is 143 cm³/mol. The topological polar surface area (TPSA) is 108 Å². The zero-order valence-corrected chi connectivity index (χ0v) is 23.9. The van der Waals surface area contributed by atoms with Crippen molar-refractivity contribution in [1.82, 2.24) is 20.4 Å². The normalized spacial score (nSPS) is 16.4. The number of hydrogen-bond acceptors (Lipinski definition) is 5. The second kappa shape index (κ2) is 13.1. The molecule has 2 unspecified atom stereocenters. The largest absolute Gasteiger partial charge is 0.483 e. The molecule has 0 aromatic heterocycles. The van der Waals surface area contributed by atoms with E-state index in [0.717, 1.165) is 12.1 Å². The van der Waals surface area contributed by atoms with E-state index in [1.807, 2.05) is 48.5 Å². The van der Waals surface area contributed by atoms with E-state index in [4.69, 9.17) is 4.74 Å². The molecule has 2 N–H and O–H groups in total. The first kappa shape index (κ1) is 31.1. The lowest BCUT2D eigenvalue weighted by molar-refractivity contribution is -0.145. The molecule has 1 aliphatic heterocycles. The van der Waals surface area contributed by atoms with Crippen LogP contribution >= 0.6 is 0 Å². The summed E-state index contributed by atoms with van der Waals surface area (Å²) in [6.45, 7) is 13.2. The maximum absolute atomic E-state index is 14.0. The summed E-state index contributed by atoms with van der Waals surface area (Å²) in [5, 5.41) is 5.52. The van der Waals surface area contributed by atoms with Crippen LogP contribution in [0.4, 0.5) is 4.39 Å². The van der Waals surface area contributed by atoms with Gasteiger partial charge >= 0.3 is 0 Å². The van der Waals surface area contributed by atoms with E-state index < -0.39 is 41.9 Å². The highest BCUT2D eigenvalue weighted by Gasteiger charge is 2.39. The van der Waals surface area contributed by atoms with E-state index in [0.29, 0.717) is 25.8 Å². The zero-order valence-electron chi connectivity index (χ0n) is 23.9. The van der Waals surface area contributed by atoms with Gasteiger partial charge < -0.3 is 25.2 Å². The number of hydrogen-bond donors (Lipinski definition) is 2. The van der Waals surface area contributed by atoms with E-state index in [1.165, 1.54) is 6.07 Å². The van der Waals surface area contributed by atoms with Gasteiger partial charge in [-0.2, -0.15) is 0 Å². The summed E-state index contributed by atoms with van der Waals surface area (Å²) in [5.41, 5.74) is -0.476. The number of likely N-dealkylation sites (N-methyl/N-ethyl adjacent to an activating group) is 1. The van der Waals surface area contributed by atoms with Crippen molar-refractivity contribution < 1.29 is 28.3 Å². The average Bonchev–Trinajstić information content (AvgIpc) is 3.29. The molecule has 2 atom stereocenters. The van der Waals surface area contributed by atoms with E-state index in [1.54, 1.807) is 16.8 Å². The van der Waals surface area contributed by atoms with Crippen molar-refractivity contribution in [2.75, 3.05) is 20.2 Å². The molecule has 1 heterocycles. The van der Waals surface area contributed by atoms with Crippen LogP contribution in [0.2, 0.25) is 0 Å². The summed E-state index contributed by atoms with van der Waals surface area (Å²) < 4.78 is 19.5. The fraction of sp³-hybridized carbons (Fsp3) is 0.643. The van der Waals surface area contributed by atoms with Crippen LogP contribution in [0.5, 0.6) is 5.75 Å². The second-order valence-electron chi connectivity index (χ2n) is 11.6. The number of amides is 4. The molecule has 0 radical (unpaired) electrons. The van der Waals surface area contributed by atoms with Gasteiger partial charge in [-0.05, 0) is 71.9 Å². The summed E-state index contributed by atoms with van der Waals surface area (Å²) in [4.78, 5) is 55.4. The SMILES string of the molecule is CC(C)CC(NC(=O)c1ccc(F)cc1OCC(=O)NC(C)(C)C)C(=O)N1CCCC1C(=O)N(C)C(C)C. The number of carbonyl (C=O) groups excluding carboxylic acids is 4. The first-order valence-electron chi connectivity index (χ1n) is 13.2. The Morgan fingerprint density at radius 2 is 1.82 bits per heavy atom. The Balaban J connectivity index is 2.24. The van der Waals surface area contributed by atoms with Gasteiger partial charge in [-0.25, -0.2) is 4.39 Å². The smallest absolute Gasteiger partial charge is 0.258 e. The fourth-order valence-electron chi connectivity index (χ4n) is 4.31. The van der Waals surface area contributed by atoms with Crippen molar-refractivity contribution >= 4 is 23.6 Å². The molecule has 9 nitrogen and oxygen atoms in total. The molecule has 2 rings (SSSR count). The minimum absolute atomic E-state index is 0.00473. The number of ether oxygens (including phenoxy) is 1. The molecular weight excluding hydrogens is 491 g/mol. The Morgan fingerprint density at radius 1 is 1.16 bits per heavy atom. The number of rotatable bonds is 10. The van der Waals surface area contributed by atoms with Crippen molar-refractivity contribution in [3.63, 3.8) is 0 Å². The number of nitrogens with one attached hydrogen (secondary N) is 2. The Hall–Kier alpha value is -3.17. The van der Waals surface area contributed by atoms with Crippen molar-refractivity contribution in [3.05, 3.63) is 29.6 Å². The molecule has 1 fully saturated rings. The van der Waals surface area contributed by atoms with Gasteiger partial charge in [0.2, 0.25) is 11.8 Å². The van der Waals surface area contributed by atoms with Crippen molar-refractivity contribution in [1.29, 1.82) is 0 Å². The number of halogens is 1. The van der Waals surface area contributed by atoms with Crippen LogP contribution in [0.25, 0.3) is 0 Å². The predicted octanol–water partition coefficient (Wildman–Crippen LogP) is 3.12. The van der Waals surface area contributed by atoms with Gasteiger partial charge in [0.25, 0.3) is 11.8 Å². The van der Waals surface area contributed by atoms with Crippen LogP contribution in [-0.4, -0.2) is 77.3 Å². The first-order chi connectivity index (χ1) is 17.6. The summed E-state index contributed by atoms with van der Waals surface area (Å²) >= 11 is 0. The summed E-state index contributed by atoms with van der Waals surface area (Å²) in [6, 6.07) is 1.95. The maximum Gasteiger partial charge on any atom is 0.258 e. The molecule has 38 heavy (non-hydrogen) atoms. The van der Waals surface area contributed by atoms with E-state index in [2.05, 4.69) is 10.6 Å². The third-order valence-electron chi connectivity index (χ3n) is 6.32. The number of benzene rings is 1. The van der Waals surface area contributed by atoms with Crippen LogP contribution in [0.1, 0.15) is 78.1 Å². The molecule has 0 saturated carbocycles. The molecule has 1 aromatic carbocycles. The lowest BCUT2D eigenvalue weighted by atomic mass is 10.0. The molecule has 0 bridgehead atoms. The van der Waals surface area contributed by atoms with Gasteiger partial charge in [-0.3, -0.25) is 19.2 Å². The summed E-state index contributed by atoms with van der Waals surface area (Å²) in [7, 11) is 1.72. The monoisotopic (exact) mass is 534 g/mol. The van der Waals surface area contributed by atoms with Crippen LogP contribution in [-0.2, 0) is 14.4 Å². The highest BCUT2D eigenvalue weighted by Crippen LogP contribution is 2.24. The third kappa shape index (κ3) is 8.70. The van der Waals surface area contributed by atoms with Gasteiger partial charge in [0.05, 0.1) is 5.56 Å². The molecule has 0 aliphatic carbocycles. The van der Waals surface area contributed by atoms with Gasteiger partial charge in [-0.1, -0.05) is 13.8 Å². The molecule has 1 aliphatic rings. The fourth-order valence-corrected chi connectivity index (χ4v) is 4.31. The van der Waals surface area contributed by atoms with Crippen LogP contribution in [0, 0.1) is 11.7 Å². The molecule has 1 saturated heterocycles. The van der Waals surface area contributed by atoms with Crippen LogP contribution in [0.15, 0.2) is 18.2 Å². The highest BCUT2D eigenvalue weighted by molar-refractivity contribution is 6.00. The van der Waals surface area contributed by atoms with Crippen molar-refractivity contribution in [2.45, 2.75) is 91.4 Å². The highest BCUT2D eigenvalue weighted by atomic mass is 19.1. The van der Waals surface area contributed by atoms with Crippen LogP contribution in [0.3, 0.4) is 0 Å². The van der Waals surface area contributed by atoms with E-state index in [9.17, 15) is 23.6 Å². The summed E-state index contributed by atoms with van der Waals surface area (Å²) in [5.74, 6) is -2.15. The maximum atomic E-state index is 14.0. The van der Waals surface area contributed by atoms with Gasteiger partial charge in [0, 0.05) is 31.2 Å². The van der Waals surface area contributed by atoms with Gasteiger partial charge in [0.15, 0.2) is 6.61 Å². The Bertz CT molecular complexity index is 1020. The minimum Gasteiger partial charge on any atom is -0.483 e. The number of carbonyl (C=O) groups is 4. The molecule has 10 heteroatoms. The molecule has 1 aromatic rings. The standard InChI is InChI=1S/C28H43FN4O5/c1-17(2)14-21(26(36)33-13-9-10-22(33)27(37)32(8)18(3)4)30-25(35)20-12-11-19(29)15-23(20)38-16-24(34)31-28(5,6)7/h11-12,15,17-18,21-22H,9-10,13-14,16H2,1-8H3,(H,30,35)(H,31,34). The zero-order chi connectivity index (χ0) is 28.8. The van der Waals surface area contributed by atoms with Crippen molar-refractivity contribution in [2.24, 2.45) is 5.92 Å². The minimum atomic E-state index is -0.887. The van der Waals surface area contributed by atoms with E-state index in [-0.39, 0.29) is 35.1 Å². The molecule has 0 spiro atoms. The van der Waals surface area contributed by atoms with E-state index >= 15 is 0 Å². The first-order valence-corrected chi connectivity index (χ1v) is 13.2. The number of nitrogens with zero attached hydrogens (tertiary/aromatic N) is 2. The Morgan fingerprint density at radius 3 is 2.39 bits per heavy atom. The molecule has 4 amide bonds. The summed E-state index contributed by atoms with van der Waals surface area (Å²) in [6.07, 6.45) is 1.62. The Kier molecular flexibility index (Phi) is 10.7. The quantitative estimate of drug-likeness (QED) is 0.480. The second-order valence-corrected chi connectivity index (χ2v) is 11.6.